The highest BCUT2D eigenvalue weighted by molar-refractivity contribution is 7.80. The summed E-state index contributed by atoms with van der Waals surface area (Å²) in [6.07, 6.45) is 0.838. The Morgan fingerprint density at radius 2 is 1.92 bits per heavy atom. The van der Waals surface area contributed by atoms with Gasteiger partial charge >= 0.3 is 0 Å². The maximum atomic E-state index is 12.3. The second-order valence-corrected chi connectivity index (χ2v) is 6.04. The number of hydrogen-bond donors (Lipinski definition) is 3. The van der Waals surface area contributed by atoms with Crippen molar-refractivity contribution in [1.82, 2.24) is 16.2 Å². The molecule has 2 rings (SSSR count). The number of para-hydroxylation sites is 1. The third kappa shape index (κ3) is 5.04. The van der Waals surface area contributed by atoms with Gasteiger partial charge in [-0.3, -0.25) is 25.8 Å². The highest BCUT2D eigenvalue weighted by Gasteiger charge is 2.14. The highest BCUT2D eigenvalue weighted by Crippen LogP contribution is 2.17. The van der Waals surface area contributed by atoms with E-state index in [1.165, 1.54) is 11.3 Å². The van der Waals surface area contributed by atoms with Gasteiger partial charge < -0.3 is 4.74 Å². The molecule has 24 heavy (non-hydrogen) atoms. The van der Waals surface area contributed by atoms with Crippen LogP contribution in [0.5, 0.6) is 5.75 Å². The molecule has 0 atom stereocenters. The number of thiophene rings is 1. The SMILES string of the molecule is CCCOc1ccccc1C(=O)NC(=S)NNC(=O)c1cccs1. The molecule has 8 heteroatoms. The van der Waals surface area contributed by atoms with Gasteiger partial charge in [-0.15, -0.1) is 11.3 Å². The fourth-order valence-electron chi connectivity index (χ4n) is 1.78. The maximum Gasteiger partial charge on any atom is 0.279 e. The minimum absolute atomic E-state index is 0.00444. The summed E-state index contributed by atoms with van der Waals surface area (Å²) < 4.78 is 5.54. The first-order chi connectivity index (χ1) is 11.6. The van der Waals surface area contributed by atoms with Gasteiger partial charge in [0.05, 0.1) is 17.0 Å². The molecular formula is C16H17N3O3S2. The monoisotopic (exact) mass is 363 g/mol. The molecule has 0 fully saturated rings. The van der Waals surface area contributed by atoms with Gasteiger partial charge in [0.2, 0.25) is 0 Å². The number of carbonyl (C=O) groups is 2. The maximum absolute atomic E-state index is 12.3. The number of rotatable bonds is 5. The predicted molar refractivity (Wildman–Crippen MR) is 97.2 cm³/mol. The molecule has 3 N–H and O–H groups in total. The van der Waals surface area contributed by atoms with Gasteiger partial charge in [0.25, 0.3) is 11.8 Å². The average molecular weight is 363 g/mol. The summed E-state index contributed by atoms with van der Waals surface area (Å²) in [5.74, 6) is -0.250. The first-order valence-corrected chi connectivity index (χ1v) is 8.57. The van der Waals surface area contributed by atoms with E-state index in [0.717, 1.165) is 6.42 Å². The summed E-state index contributed by atoms with van der Waals surface area (Å²) in [6.45, 7) is 2.50. The number of thiocarbonyl (C=S) groups is 1. The molecule has 0 aliphatic carbocycles. The zero-order chi connectivity index (χ0) is 17.4. The second-order valence-electron chi connectivity index (χ2n) is 4.68. The Kier molecular flexibility index (Phi) is 6.71. The molecule has 6 nitrogen and oxygen atoms in total. The van der Waals surface area contributed by atoms with Crippen molar-refractivity contribution >= 4 is 40.5 Å². The molecule has 126 valence electrons. The molecule has 1 aromatic heterocycles. The van der Waals surface area contributed by atoms with Crippen LogP contribution in [0.4, 0.5) is 0 Å². The van der Waals surface area contributed by atoms with Crippen LogP contribution in [0.3, 0.4) is 0 Å². The van der Waals surface area contributed by atoms with E-state index in [1.54, 1.807) is 41.8 Å². The van der Waals surface area contributed by atoms with Crippen LogP contribution in [0.2, 0.25) is 0 Å². The average Bonchev–Trinajstić information content (AvgIpc) is 3.12. The van der Waals surface area contributed by atoms with Crippen LogP contribution in [0.25, 0.3) is 0 Å². The van der Waals surface area contributed by atoms with Gasteiger partial charge in [0, 0.05) is 0 Å². The number of benzene rings is 1. The molecule has 0 aliphatic heterocycles. The molecule has 0 saturated heterocycles. The van der Waals surface area contributed by atoms with E-state index in [1.807, 2.05) is 6.92 Å². The Morgan fingerprint density at radius 1 is 1.12 bits per heavy atom. The van der Waals surface area contributed by atoms with Crippen molar-refractivity contribution < 1.29 is 14.3 Å². The van der Waals surface area contributed by atoms with E-state index < -0.39 is 5.91 Å². The lowest BCUT2D eigenvalue weighted by Crippen LogP contribution is -2.48. The third-order valence-corrected chi connectivity index (χ3v) is 3.93. The molecule has 0 saturated carbocycles. The van der Waals surface area contributed by atoms with Crippen molar-refractivity contribution in [3.05, 3.63) is 52.2 Å². The zero-order valence-corrected chi connectivity index (χ0v) is 14.6. The van der Waals surface area contributed by atoms with Gasteiger partial charge in [-0.2, -0.15) is 0 Å². The van der Waals surface area contributed by atoms with Crippen molar-refractivity contribution in [2.24, 2.45) is 0 Å². The largest absolute Gasteiger partial charge is 0.493 e. The number of ether oxygens (including phenoxy) is 1. The minimum atomic E-state index is -0.412. The van der Waals surface area contributed by atoms with Gasteiger partial charge in [0.15, 0.2) is 5.11 Å². The van der Waals surface area contributed by atoms with Gasteiger partial charge in [-0.1, -0.05) is 25.1 Å². The Bertz CT molecular complexity index is 717. The van der Waals surface area contributed by atoms with Crippen LogP contribution in [-0.2, 0) is 0 Å². The van der Waals surface area contributed by atoms with Crippen molar-refractivity contribution in [1.29, 1.82) is 0 Å². The summed E-state index contributed by atoms with van der Waals surface area (Å²) in [6, 6.07) is 10.4. The van der Waals surface area contributed by atoms with E-state index in [2.05, 4.69) is 16.2 Å². The Labute approximate surface area is 149 Å². The normalized spacial score (nSPS) is 9.88. The number of hydrazine groups is 1. The second kappa shape index (κ2) is 8.99. The fraction of sp³-hybridized carbons (Fsp3) is 0.188. The molecular weight excluding hydrogens is 346 g/mol. The number of nitrogens with one attached hydrogen (secondary N) is 3. The number of amides is 2. The van der Waals surface area contributed by atoms with Crippen molar-refractivity contribution in [2.75, 3.05) is 6.61 Å². The molecule has 0 radical (unpaired) electrons. The minimum Gasteiger partial charge on any atom is -0.493 e. The van der Waals surface area contributed by atoms with Crippen LogP contribution >= 0.6 is 23.6 Å². The lowest BCUT2D eigenvalue weighted by Gasteiger charge is -2.13. The standard InChI is InChI=1S/C16H17N3O3S2/c1-2-9-22-12-7-4-3-6-11(12)14(20)17-16(23)19-18-15(21)13-8-5-10-24-13/h3-8,10H,2,9H2,1H3,(H,18,21)(H2,17,19,20,23). The molecule has 2 aromatic rings. The summed E-state index contributed by atoms with van der Waals surface area (Å²) in [7, 11) is 0. The lowest BCUT2D eigenvalue weighted by atomic mass is 10.2. The van der Waals surface area contributed by atoms with Crippen molar-refractivity contribution in [2.45, 2.75) is 13.3 Å². The van der Waals surface area contributed by atoms with Crippen LogP contribution in [0.15, 0.2) is 41.8 Å². The predicted octanol–water partition coefficient (Wildman–Crippen LogP) is 2.49. The zero-order valence-electron chi connectivity index (χ0n) is 13.0. The van der Waals surface area contributed by atoms with Crippen LogP contribution < -0.4 is 20.9 Å². The first kappa shape index (κ1) is 17.9. The van der Waals surface area contributed by atoms with Gasteiger partial charge in [-0.05, 0) is 42.2 Å². The highest BCUT2D eigenvalue weighted by atomic mass is 32.1. The van der Waals surface area contributed by atoms with E-state index in [0.29, 0.717) is 22.8 Å². The fourth-order valence-corrected chi connectivity index (χ4v) is 2.54. The first-order valence-electron chi connectivity index (χ1n) is 7.28. The quantitative estimate of drug-likeness (QED) is 0.562. The van der Waals surface area contributed by atoms with Crippen molar-refractivity contribution in [3.63, 3.8) is 0 Å². The molecule has 0 spiro atoms. The summed E-state index contributed by atoms with van der Waals surface area (Å²) >= 11 is 6.32. The Balaban J connectivity index is 1.90. The molecule has 1 heterocycles. The number of carbonyl (C=O) groups excluding carboxylic acids is 2. The van der Waals surface area contributed by atoms with Crippen LogP contribution in [0, 0.1) is 0 Å². The molecule has 0 aliphatic rings. The molecule has 2 amide bonds. The molecule has 1 aromatic carbocycles. The summed E-state index contributed by atoms with van der Waals surface area (Å²) in [4.78, 5) is 24.6. The third-order valence-electron chi connectivity index (χ3n) is 2.85. The van der Waals surface area contributed by atoms with E-state index in [4.69, 9.17) is 17.0 Å². The van der Waals surface area contributed by atoms with Crippen LogP contribution in [0.1, 0.15) is 33.4 Å². The topological polar surface area (TPSA) is 79.5 Å². The van der Waals surface area contributed by atoms with E-state index >= 15 is 0 Å². The van der Waals surface area contributed by atoms with E-state index in [-0.39, 0.29) is 11.0 Å². The van der Waals surface area contributed by atoms with Crippen LogP contribution in [-0.4, -0.2) is 23.5 Å². The molecule has 0 bridgehead atoms. The lowest BCUT2D eigenvalue weighted by molar-refractivity contribution is 0.0937. The smallest absolute Gasteiger partial charge is 0.279 e. The van der Waals surface area contributed by atoms with E-state index in [9.17, 15) is 9.59 Å². The molecule has 0 unspecified atom stereocenters. The van der Waals surface area contributed by atoms with Gasteiger partial charge in [-0.25, -0.2) is 0 Å². The summed E-state index contributed by atoms with van der Waals surface area (Å²) in [5, 5.41) is 4.29. The Morgan fingerprint density at radius 3 is 2.62 bits per heavy atom. The van der Waals surface area contributed by atoms with Gasteiger partial charge in [0.1, 0.15) is 5.75 Å². The van der Waals surface area contributed by atoms with Crippen molar-refractivity contribution in [3.8, 4) is 5.75 Å². The Hall–Kier alpha value is -2.45. The summed E-state index contributed by atoms with van der Waals surface area (Å²) in [5.41, 5.74) is 5.30. The number of hydrogen-bond acceptors (Lipinski definition) is 5.